The Labute approximate surface area is 157 Å². The summed E-state index contributed by atoms with van der Waals surface area (Å²) >= 11 is 0. The number of pyridine rings is 2. The monoisotopic (exact) mass is 372 g/mol. The van der Waals surface area contributed by atoms with Crippen LogP contribution in [0.4, 0.5) is 5.82 Å². The molecule has 8 heteroatoms. The first kappa shape index (κ1) is 20.4. The van der Waals surface area contributed by atoms with E-state index in [9.17, 15) is 14.7 Å². The van der Waals surface area contributed by atoms with Crippen molar-refractivity contribution in [2.75, 3.05) is 26.0 Å². The van der Waals surface area contributed by atoms with Crippen LogP contribution in [0.5, 0.6) is 0 Å². The Hall–Kier alpha value is -2.89. The van der Waals surface area contributed by atoms with Crippen LogP contribution in [-0.4, -0.2) is 46.4 Å². The first-order chi connectivity index (χ1) is 12.8. The lowest BCUT2D eigenvalue weighted by Crippen LogP contribution is -2.30. The molecule has 2 rings (SSSR count). The number of anilines is 1. The molecule has 1 amide bonds. The predicted molar refractivity (Wildman–Crippen MR) is 103 cm³/mol. The van der Waals surface area contributed by atoms with Gasteiger partial charge in [0.1, 0.15) is 28.3 Å². The van der Waals surface area contributed by atoms with Crippen molar-refractivity contribution >= 4 is 22.8 Å². The van der Waals surface area contributed by atoms with E-state index in [1.165, 1.54) is 7.05 Å². The zero-order chi connectivity index (χ0) is 20.2. The predicted octanol–water partition coefficient (Wildman–Crippen LogP) is 0.497. The molecule has 2 heterocycles. The first-order valence-electron chi connectivity index (χ1n) is 8.64. The standard InChI is InChI=1S/C19H24N4O4/c1-5-23-16(20)14(18(25)21-4)15(24)13-8-7-12(22-17(13)23)9-10-19(3,26)11-27-6-2/h7-8,26H,5-6,11,20H2,1-4H3,(H,21,25). The van der Waals surface area contributed by atoms with Gasteiger partial charge in [0.05, 0.1) is 12.0 Å². The molecule has 1 atom stereocenters. The normalized spacial score (nSPS) is 12.9. The number of hydrogen-bond acceptors (Lipinski definition) is 6. The third-order valence-corrected chi connectivity index (χ3v) is 3.97. The quantitative estimate of drug-likeness (QED) is 0.658. The number of fused-ring (bicyclic) bond motifs is 1. The summed E-state index contributed by atoms with van der Waals surface area (Å²) in [4.78, 5) is 29.1. The van der Waals surface area contributed by atoms with Gasteiger partial charge in [0, 0.05) is 20.2 Å². The molecular formula is C19H24N4O4. The average molecular weight is 372 g/mol. The number of carbonyl (C=O) groups excluding carboxylic acids is 1. The minimum absolute atomic E-state index is 0.0512. The SMILES string of the molecule is CCOCC(C)(O)C#Cc1ccc2c(=O)c(C(=O)NC)c(N)n(CC)c2n1. The third-order valence-electron chi connectivity index (χ3n) is 3.97. The fraction of sp³-hybridized carbons (Fsp3) is 0.421. The number of nitrogens with two attached hydrogens (primary N) is 1. The zero-order valence-electron chi connectivity index (χ0n) is 15.9. The summed E-state index contributed by atoms with van der Waals surface area (Å²) in [5.74, 6) is 5.02. The van der Waals surface area contributed by atoms with E-state index in [0.717, 1.165) is 0 Å². The van der Waals surface area contributed by atoms with Crippen molar-refractivity contribution in [2.24, 2.45) is 0 Å². The van der Waals surface area contributed by atoms with Gasteiger partial charge in [-0.05, 0) is 38.8 Å². The number of nitrogens with one attached hydrogen (secondary N) is 1. The highest BCUT2D eigenvalue weighted by Crippen LogP contribution is 2.17. The summed E-state index contributed by atoms with van der Waals surface area (Å²) in [5.41, 5.74) is 4.85. The maximum absolute atomic E-state index is 12.7. The minimum Gasteiger partial charge on any atom is -0.384 e. The number of ether oxygens (including phenoxy) is 1. The Morgan fingerprint density at radius 1 is 1.44 bits per heavy atom. The number of nitrogens with zero attached hydrogens (tertiary/aromatic N) is 2. The second-order valence-electron chi connectivity index (χ2n) is 6.14. The molecule has 4 N–H and O–H groups in total. The van der Waals surface area contributed by atoms with Crippen molar-refractivity contribution in [1.82, 2.24) is 14.9 Å². The van der Waals surface area contributed by atoms with Gasteiger partial charge in [-0.3, -0.25) is 9.59 Å². The van der Waals surface area contributed by atoms with Crippen LogP contribution in [0.2, 0.25) is 0 Å². The number of aryl methyl sites for hydroxylation is 1. The Morgan fingerprint density at radius 2 is 2.15 bits per heavy atom. The average Bonchev–Trinajstić information content (AvgIpc) is 2.65. The van der Waals surface area contributed by atoms with Gasteiger partial charge in [0.25, 0.3) is 5.91 Å². The third kappa shape index (κ3) is 4.27. The lowest BCUT2D eigenvalue weighted by Gasteiger charge is -2.16. The van der Waals surface area contributed by atoms with E-state index in [1.807, 2.05) is 13.8 Å². The van der Waals surface area contributed by atoms with Gasteiger partial charge < -0.3 is 25.5 Å². The van der Waals surface area contributed by atoms with E-state index in [0.29, 0.717) is 24.5 Å². The van der Waals surface area contributed by atoms with Crippen LogP contribution < -0.4 is 16.5 Å². The molecule has 27 heavy (non-hydrogen) atoms. The zero-order valence-corrected chi connectivity index (χ0v) is 15.9. The molecule has 0 aliphatic rings. The molecule has 0 radical (unpaired) electrons. The van der Waals surface area contributed by atoms with E-state index in [2.05, 4.69) is 22.1 Å². The van der Waals surface area contributed by atoms with Crippen LogP contribution in [0.1, 0.15) is 36.8 Å². The first-order valence-corrected chi connectivity index (χ1v) is 8.64. The van der Waals surface area contributed by atoms with Crippen molar-refractivity contribution in [3.8, 4) is 11.8 Å². The number of amides is 1. The fourth-order valence-corrected chi connectivity index (χ4v) is 2.60. The van der Waals surface area contributed by atoms with Crippen LogP contribution in [0, 0.1) is 11.8 Å². The van der Waals surface area contributed by atoms with E-state index in [4.69, 9.17) is 10.5 Å². The van der Waals surface area contributed by atoms with Crippen LogP contribution >= 0.6 is 0 Å². The lowest BCUT2D eigenvalue weighted by molar-refractivity contribution is 0.00957. The molecule has 2 aromatic rings. The number of aromatic nitrogens is 2. The van der Waals surface area contributed by atoms with E-state index < -0.39 is 16.9 Å². The Morgan fingerprint density at radius 3 is 2.74 bits per heavy atom. The molecule has 2 aromatic heterocycles. The Bertz CT molecular complexity index is 983. The van der Waals surface area contributed by atoms with Gasteiger partial charge >= 0.3 is 0 Å². The van der Waals surface area contributed by atoms with E-state index in [-0.39, 0.29) is 23.4 Å². The summed E-state index contributed by atoms with van der Waals surface area (Å²) in [6.07, 6.45) is 0. The largest absolute Gasteiger partial charge is 0.384 e. The smallest absolute Gasteiger partial charge is 0.258 e. The van der Waals surface area contributed by atoms with E-state index >= 15 is 0 Å². The number of aliphatic hydroxyl groups is 1. The molecule has 8 nitrogen and oxygen atoms in total. The molecule has 1 unspecified atom stereocenters. The molecule has 0 aliphatic heterocycles. The van der Waals surface area contributed by atoms with Crippen molar-refractivity contribution in [3.63, 3.8) is 0 Å². The molecule has 0 spiro atoms. The Balaban J connectivity index is 2.62. The highest BCUT2D eigenvalue weighted by atomic mass is 16.5. The molecular weight excluding hydrogens is 348 g/mol. The van der Waals surface area contributed by atoms with Crippen LogP contribution in [0.25, 0.3) is 11.0 Å². The number of hydrogen-bond donors (Lipinski definition) is 3. The number of carbonyl (C=O) groups is 1. The van der Waals surface area contributed by atoms with Crippen molar-refractivity contribution in [2.45, 2.75) is 32.9 Å². The topological polar surface area (TPSA) is 119 Å². The second kappa shape index (κ2) is 8.20. The highest BCUT2D eigenvalue weighted by molar-refractivity contribution is 6.01. The summed E-state index contributed by atoms with van der Waals surface area (Å²) in [7, 11) is 1.44. The van der Waals surface area contributed by atoms with Gasteiger partial charge in [-0.2, -0.15) is 0 Å². The number of rotatable bonds is 5. The van der Waals surface area contributed by atoms with Gasteiger partial charge in [-0.15, -0.1) is 0 Å². The fourth-order valence-electron chi connectivity index (χ4n) is 2.60. The molecule has 0 aliphatic carbocycles. The minimum atomic E-state index is -1.32. The van der Waals surface area contributed by atoms with Crippen molar-refractivity contribution in [3.05, 3.63) is 33.6 Å². The molecule has 0 saturated carbocycles. The summed E-state index contributed by atoms with van der Waals surface area (Å²) in [6.45, 7) is 6.18. The lowest BCUT2D eigenvalue weighted by atomic mass is 10.1. The van der Waals surface area contributed by atoms with Gasteiger partial charge in [-0.25, -0.2) is 4.98 Å². The van der Waals surface area contributed by atoms with Crippen molar-refractivity contribution < 1.29 is 14.6 Å². The Kier molecular flexibility index (Phi) is 6.20. The molecule has 144 valence electrons. The van der Waals surface area contributed by atoms with Crippen LogP contribution in [-0.2, 0) is 11.3 Å². The van der Waals surface area contributed by atoms with Crippen molar-refractivity contribution in [1.29, 1.82) is 0 Å². The summed E-state index contributed by atoms with van der Waals surface area (Å²) in [6, 6.07) is 3.13. The van der Waals surface area contributed by atoms with Gasteiger partial charge in [0.2, 0.25) is 5.43 Å². The maximum Gasteiger partial charge on any atom is 0.258 e. The van der Waals surface area contributed by atoms with Gasteiger partial charge in [0.15, 0.2) is 0 Å². The number of nitrogen functional groups attached to an aromatic ring is 1. The van der Waals surface area contributed by atoms with Crippen LogP contribution in [0.3, 0.4) is 0 Å². The van der Waals surface area contributed by atoms with Gasteiger partial charge in [-0.1, -0.05) is 5.92 Å². The van der Waals surface area contributed by atoms with Crippen LogP contribution in [0.15, 0.2) is 16.9 Å². The maximum atomic E-state index is 12.7. The second-order valence-corrected chi connectivity index (χ2v) is 6.14. The summed E-state index contributed by atoms with van der Waals surface area (Å²) < 4.78 is 6.79. The molecule has 0 aromatic carbocycles. The summed E-state index contributed by atoms with van der Waals surface area (Å²) in [5, 5.41) is 12.9. The molecule has 0 fully saturated rings. The van der Waals surface area contributed by atoms with E-state index in [1.54, 1.807) is 23.6 Å². The highest BCUT2D eigenvalue weighted by Gasteiger charge is 2.20. The molecule has 0 bridgehead atoms. The molecule has 0 saturated heterocycles.